The van der Waals surface area contributed by atoms with E-state index in [1.807, 2.05) is 24.3 Å². The van der Waals surface area contributed by atoms with Crippen molar-refractivity contribution < 1.29 is 8.42 Å². The van der Waals surface area contributed by atoms with Gasteiger partial charge in [0.1, 0.15) is 0 Å². The first kappa shape index (κ1) is 16.8. The van der Waals surface area contributed by atoms with E-state index in [0.717, 1.165) is 23.0 Å². The van der Waals surface area contributed by atoms with Gasteiger partial charge in [0, 0.05) is 32.3 Å². The molecule has 0 radical (unpaired) electrons. The molecule has 1 aliphatic rings. The zero-order valence-corrected chi connectivity index (χ0v) is 15.0. The summed E-state index contributed by atoms with van der Waals surface area (Å²) in [5.41, 5.74) is 3.16. The minimum absolute atomic E-state index is 0.268. The standard InChI is InChI=1S/C17H17N5O3S/c1-26(24,25)17-20-13-6-7-22(10-12(13)16(23)21-17)9-11-8-18-14-4-2-3-5-15(14)19-11/h2-5,8H,6-7,9-10H2,1H3,(H,20,21,23). The number of aromatic nitrogens is 4. The predicted molar refractivity (Wildman–Crippen MR) is 95.3 cm³/mol. The van der Waals surface area contributed by atoms with Gasteiger partial charge in [-0.25, -0.2) is 18.4 Å². The van der Waals surface area contributed by atoms with Crippen LogP contribution >= 0.6 is 0 Å². The molecule has 0 unspecified atom stereocenters. The second-order valence-corrected chi connectivity index (χ2v) is 8.31. The Hall–Kier alpha value is -2.65. The minimum Gasteiger partial charge on any atom is -0.297 e. The van der Waals surface area contributed by atoms with Crippen LogP contribution in [0.2, 0.25) is 0 Å². The van der Waals surface area contributed by atoms with Gasteiger partial charge in [0.2, 0.25) is 15.0 Å². The van der Waals surface area contributed by atoms with Crippen molar-refractivity contribution in [2.75, 3.05) is 12.8 Å². The normalized spacial score (nSPS) is 15.1. The lowest BCUT2D eigenvalue weighted by Crippen LogP contribution is -2.36. The van der Waals surface area contributed by atoms with E-state index in [9.17, 15) is 13.2 Å². The van der Waals surface area contributed by atoms with Gasteiger partial charge in [-0.1, -0.05) is 12.1 Å². The number of hydrogen-bond donors (Lipinski definition) is 1. The van der Waals surface area contributed by atoms with Crippen molar-refractivity contribution >= 4 is 20.9 Å². The Morgan fingerprint density at radius 3 is 2.73 bits per heavy atom. The van der Waals surface area contributed by atoms with Crippen LogP contribution in [0.5, 0.6) is 0 Å². The number of H-pyrrole nitrogens is 1. The lowest BCUT2D eigenvalue weighted by Gasteiger charge is -2.27. The second-order valence-electron chi connectivity index (χ2n) is 6.38. The van der Waals surface area contributed by atoms with Crippen molar-refractivity contribution in [3.05, 3.63) is 57.8 Å². The van der Waals surface area contributed by atoms with Crippen LogP contribution < -0.4 is 5.56 Å². The lowest BCUT2D eigenvalue weighted by atomic mass is 10.1. The molecule has 4 rings (SSSR count). The number of rotatable bonds is 3. The molecule has 0 aliphatic carbocycles. The van der Waals surface area contributed by atoms with Crippen LogP contribution in [0.4, 0.5) is 0 Å². The molecule has 8 nitrogen and oxygen atoms in total. The summed E-state index contributed by atoms with van der Waals surface area (Å²) in [4.78, 5) is 29.9. The third-order valence-electron chi connectivity index (χ3n) is 4.36. The molecule has 9 heteroatoms. The number of sulfone groups is 1. The first-order valence-electron chi connectivity index (χ1n) is 8.15. The van der Waals surface area contributed by atoms with Crippen molar-refractivity contribution in [1.82, 2.24) is 24.8 Å². The summed E-state index contributed by atoms with van der Waals surface area (Å²) >= 11 is 0. The Morgan fingerprint density at radius 2 is 1.96 bits per heavy atom. The average molecular weight is 371 g/mol. The maximum atomic E-state index is 12.3. The molecule has 0 atom stereocenters. The number of aromatic amines is 1. The summed E-state index contributed by atoms with van der Waals surface area (Å²) in [6, 6.07) is 7.66. The molecule has 2 aromatic heterocycles. The fourth-order valence-corrected chi connectivity index (χ4v) is 3.62. The Bertz CT molecular complexity index is 1160. The highest BCUT2D eigenvalue weighted by Gasteiger charge is 2.23. The largest absolute Gasteiger partial charge is 0.297 e. The molecular weight excluding hydrogens is 354 g/mol. The van der Waals surface area contributed by atoms with Gasteiger partial charge in [0.05, 0.1) is 34.2 Å². The van der Waals surface area contributed by atoms with Crippen molar-refractivity contribution in [1.29, 1.82) is 0 Å². The first-order valence-corrected chi connectivity index (χ1v) is 10.0. The van der Waals surface area contributed by atoms with E-state index in [-0.39, 0.29) is 5.16 Å². The molecule has 0 fully saturated rings. The maximum Gasteiger partial charge on any atom is 0.256 e. The van der Waals surface area contributed by atoms with Gasteiger partial charge in [-0.05, 0) is 12.1 Å². The van der Waals surface area contributed by atoms with Gasteiger partial charge < -0.3 is 0 Å². The lowest BCUT2D eigenvalue weighted by molar-refractivity contribution is 0.238. The first-order chi connectivity index (χ1) is 12.4. The number of para-hydroxylation sites is 2. The van der Waals surface area contributed by atoms with Crippen LogP contribution in [-0.2, 0) is 29.3 Å². The second kappa shape index (κ2) is 6.26. The van der Waals surface area contributed by atoms with Crippen LogP contribution in [0.1, 0.15) is 17.0 Å². The molecule has 0 saturated carbocycles. The zero-order valence-electron chi connectivity index (χ0n) is 14.1. The Balaban J connectivity index is 1.59. The fourth-order valence-electron chi connectivity index (χ4n) is 3.07. The van der Waals surface area contributed by atoms with E-state index >= 15 is 0 Å². The number of nitrogens with zero attached hydrogens (tertiary/aromatic N) is 4. The summed E-state index contributed by atoms with van der Waals surface area (Å²) in [5.74, 6) is 0. The monoisotopic (exact) mass is 371 g/mol. The highest BCUT2D eigenvalue weighted by atomic mass is 32.2. The summed E-state index contributed by atoms with van der Waals surface area (Å²) in [7, 11) is -3.54. The summed E-state index contributed by atoms with van der Waals surface area (Å²) in [6.07, 6.45) is 3.29. The summed E-state index contributed by atoms with van der Waals surface area (Å²) < 4.78 is 23.3. The quantitative estimate of drug-likeness (QED) is 0.674. The van der Waals surface area contributed by atoms with Crippen molar-refractivity contribution in [2.45, 2.75) is 24.7 Å². The fraction of sp³-hybridized carbons (Fsp3) is 0.294. The average Bonchev–Trinajstić information content (AvgIpc) is 2.61. The smallest absolute Gasteiger partial charge is 0.256 e. The van der Waals surface area contributed by atoms with Gasteiger partial charge in [-0.15, -0.1) is 0 Å². The predicted octanol–water partition coefficient (Wildman–Crippen LogP) is 0.675. The third-order valence-corrected chi connectivity index (χ3v) is 5.26. The topological polar surface area (TPSA) is 109 Å². The Morgan fingerprint density at radius 1 is 1.19 bits per heavy atom. The number of benzene rings is 1. The minimum atomic E-state index is -3.54. The molecule has 0 saturated heterocycles. The molecule has 1 aliphatic heterocycles. The Labute approximate surface area is 149 Å². The molecule has 1 N–H and O–H groups in total. The molecular formula is C17H17N5O3S. The van der Waals surface area contributed by atoms with Gasteiger partial charge in [0.25, 0.3) is 5.56 Å². The molecule has 1 aromatic carbocycles. The van der Waals surface area contributed by atoms with Crippen molar-refractivity contribution in [2.24, 2.45) is 0 Å². The molecule has 0 amide bonds. The van der Waals surface area contributed by atoms with E-state index in [2.05, 4.69) is 24.8 Å². The molecule has 3 heterocycles. The zero-order chi connectivity index (χ0) is 18.3. The highest BCUT2D eigenvalue weighted by molar-refractivity contribution is 7.90. The van der Waals surface area contributed by atoms with Crippen LogP contribution in [0.3, 0.4) is 0 Å². The molecule has 26 heavy (non-hydrogen) atoms. The van der Waals surface area contributed by atoms with E-state index in [1.165, 1.54) is 0 Å². The van der Waals surface area contributed by atoms with E-state index < -0.39 is 15.4 Å². The van der Waals surface area contributed by atoms with Crippen molar-refractivity contribution in [3.8, 4) is 0 Å². The number of hydrogen-bond acceptors (Lipinski definition) is 7. The van der Waals surface area contributed by atoms with Crippen LogP contribution in [0.15, 0.2) is 40.4 Å². The molecule has 3 aromatic rings. The van der Waals surface area contributed by atoms with Gasteiger partial charge in [-0.3, -0.25) is 19.7 Å². The molecule has 134 valence electrons. The number of nitrogens with one attached hydrogen (secondary N) is 1. The molecule has 0 spiro atoms. The van der Waals surface area contributed by atoms with E-state index in [4.69, 9.17) is 0 Å². The third kappa shape index (κ3) is 3.23. The summed E-state index contributed by atoms with van der Waals surface area (Å²) in [6.45, 7) is 1.63. The molecule has 0 bridgehead atoms. The van der Waals surface area contributed by atoms with E-state index in [1.54, 1.807) is 6.20 Å². The van der Waals surface area contributed by atoms with Crippen LogP contribution in [0.25, 0.3) is 11.0 Å². The van der Waals surface area contributed by atoms with Gasteiger partial charge >= 0.3 is 0 Å². The van der Waals surface area contributed by atoms with E-state index in [0.29, 0.717) is 37.3 Å². The Kier molecular flexibility index (Phi) is 4.04. The van der Waals surface area contributed by atoms with Crippen LogP contribution in [0, 0.1) is 0 Å². The SMILES string of the molecule is CS(=O)(=O)c1nc2c(c(=O)[nH]1)CN(Cc1cnc3ccccc3n1)CC2. The summed E-state index contributed by atoms with van der Waals surface area (Å²) in [5, 5.41) is -0.268. The van der Waals surface area contributed by atoms with Crippen LogP contribution in [-0.4, -0.2) is 46.1 Å². The van der Waals surface area contributed by atoms with Gasteiger partial charge in [0.15, 0.2) is 0 Å². The van der Waals surface area contributed by atoms with Gasteiger partial charge in [-0.2, -0.15) is 0 Å². The van der Waals surface area contributed by atoms with Crippen molar-refractivity contribution in [3.63, 3.8) is 0 Å². The highest BCUT2D eigenvalue weighted by Crippen LogP contribution is 2.17. The number of fused-ring (bicyclic) bond motifs is 2. The maximum absolute atomic E-state index is 12.3.